The Morgan fingerprint density at radius 3 is 0.622 bits per heavy atom. The Bertz CT molecular complexity index is 530. The lowest BCUT2D eigenvalue weighted by Crippen LogP contribution is -2.26. The maximum absolute atomic E-state index is 5.38. The highest BCUT2D eigenvalue weighted by molar-refractivity contribution is 5.09. The fraction of sp³-hybridized carbons (Fsp3) is 0.771. The summed E-state index contributed by atoms with van der Waals surface area (Å²) < 4.78 is 10.8. The molecule has 0 amide bonds. The van der Waals surface area contributed by atoms with Gasteiger partial charge in [-0.3, -0.25) is 0 Å². The van der Waals surface area contributed by atoms with Crippen LogP contribution in [0.5, 0.6) is 0 Å². The monoisotopic (exact) mass is 523 g/mol. The molecule has 2 nitrogen and oxygen atoms in total. The molecule has 0 aromatic rings. The zero-order chi connectivity index (χ0) is 30.8. The van der Waals surface area contributed by atoms with Gasteiger partial charge in [0.15, 0.2) is 0 Å². The molecule has 37 heavy (non-hydrogen) atoms. The van der Waals surface area contributed by atoms with E-state index in [2.05, 4.69) is 132 Å². The summed E-state index contributed by atoms with van der Waals surface area (Å²) in [5.41, 5.74) is 0.964. The van der Waals surface area contributed by atoms with E-state index in [1.165, 1.54) is 0 Å². The molecule has 0 aliphatic carbocycles. The lowest BCUT2D eigenvalue weighted by molar-refractivity contribution is -0.163. The van der Waals surface area contributed by atoms with Gasteiger partial charge in [-0.15, -0.1) is 0 Å². The number of allylic oxidation sites excluding steroid dienone is 8. The second-order valence-corrected chi connectivity index (χ2v) is 15.5. The SMILES string of the molecule is CC.CC(C)(C)/C=C\C=C/C(C)(C)C.CC(C)(C)C=CC=CC(C)(C)C.CC(C)(C)OCOC(C)(C)C. The van der Waals surface area contributed by atoms with E-state index in [0.717, 1.165) is 0 Å². The molecular weight excluding hydrogens is 452 g/mol. The van der Waals surface area contributed by atoms with Crippen LogP contribution in [0.4, 0.5) is 0 Å². The third-order valence-corrected chi connectivity index (χ3v) is 3.59. The molecule has 222 valence electrons. The van der Waals surface area contributed by atoms with E-state index in [9.17, 15) is 0 Å². The van der Waals surface area contributed by atoms with Crippen LogP contribution in [-0.4, -0.2) is 18.0 Å². The second-order valence-electron chi connectivity index (χ2n) is 15.5. The van der Waals surface area contributed by atoms with Gasteiger partial charge in [0.25, 0.3) is 0 Å². The summed E-state index contributed by atoms with van der Waals surface area (Å²) in [5.74, 6) is 0. The summed E-state index contributed by atoms with van der Waals surface area (Å²) in [7, 11) is 0. The van der Waals surface area contributed by atoms with Crippen molar-refractivity contribution in [1.82, 2.24) is 0 Å². The average Bonchev–Trinajstić information content (AvgIpc) is 2.60. The molecule has 0 saturated carbocycles. The molecule has 0 atom stereocenters. The maximum Gasteiger partial charge on any atom is 0.148 e. The van der Waals surface area contributed by atoms with Gasteiger partial charge in [-0.05, 0) is 63.2 Å². The average molecular weight is 523 g/mol. The van der Waals surface area contributed by atoms with Gasteiger partial charge in [0, 0.05) is 0 Å². The maximum atomic E-state index is 5.38. The minimum atomic E-state index is -0.106. The van der Waals surface area contributed by atoms with Crippen molar-refractivity contribution in [3.63, 3.8) is 0 Å². The number of rotatable bonds is 4. The van der Waals surface area contributed by atoms with Crippen molar-refractivity contribution in [2.24, 2.45) is 21.7 Å². The van der Waals surface area contributed by atoms with Crippen molar-refractivity contribution in [2.45, 2.75) is 150 Å². The van der Waals surface area contributed by atoms with E-state index in [1.807, 2.05) is 55.4 Å². The van der Waals surface area contributed by atoms with Crippen LogP contribution in [0.25, 0.3) is 0 Å². The topological polar surface area (TPSA) is 18.5 Å². The van der Waals surface area contributed by atoms with Gasteiger partial charge in [0.1, 0.15) is 6.79 Å². The zero-order valence-electron chi connectivity index (χ0n) is 29.1. The molecule has 0 aromatic heterocycles. The van der Waals surface area contributed by atoms with Crippen molar-refractivity contribution in [3.05, 3.63) is 48.6 Å². The molecule has 0 bridgehead atoms. The fourth-order valence-electron chi connectivity index (χ4n) is 1.76. The predicted octanol–water partition coefficient (Wildman–Crippen LogP) is 12.0. The standard InChI is InChI=1S/2C12H22.C9H20O2.C2H6/c2*1-11(2,3)9-7-8-10-12(4,5)6;1-8(2,3)10-7-11-9(4,5)6;1-2/h2*7-10H,1-6H3;7H2,1-6H3;1-2H3/b9-7-,10-8-;;;. The van der Waals surface area contributed by atoms with E-state index >= 15 is 0 Å². The highest BCUT2D eigenvalue weighted by atomic mass is 16.7. The van der Waals surface area contributed by atoms with Gasteiger partial charge < -0.3 is 9.47 Å². The summed E-state index contributed by atoms with van der Waals surface area (Å²) in [6.45, 7) is 42.9. The quantitative estimate of drug-likeness (QED) is 0.270. The van der Waals surface area contributed by atoms with Crippen LogP contribution in [0, 0.1) is 21.7 Å². The molecule has 0 unspecified atom stereocenters. The summed E-state index contributed by atoms with van der Waals surface area (Å²) in [6, 6.07) is 0. The lowest BCUT2D eigenvalue weighted by atomic mass is 9.94. The minimum absolute atomic E-state index is 0.106. The Morgan fingerprint density at radius 1 is 0.351 bits per heavy atom. The van der Waals surface area contributed by atoms with E-state index in [0.29, 0.717) is 28.5 Å². The first kappa shape index (κ1) is 43.0. The van der Waals surface area contributed by atoms with Crippen LogP contribution < -0.4 is 0 Å². The van der Waals surface area contributed by atoms with Crippen LogP contribution >= 0.6 is 0 Å². The number of hydrogen-bond acceptors (Lipinski definition) is 2. The molecular formula is C35H70O2. The van der Waals surface area contributed by atoms with Crippen molar-refractivity contribution < 1.29 is 9.47 Å². The van der Waals surface area contributed by atoms with E-state index in [1.54, 1.807) is 0 Å². The zero-order valence-corrected chi connectivity index (χ0v) is 29.1. The Labute approximate surface area is 236 Å². The fourth-order valence-corrected chi connectivity index (χ4v) is 1.76. The Kier molecular flexibility index (Phi) is 22.1. The van der Waals surface area contributed by atoms with Gasteiger partial charge in [-0.2, -0.15) is 0 Å². The molecule has 2 heteroatoms. The van der Waals surface area contributed by atoms with Crippen molar-refractivity contribution in [2.75, 3.05) is 6.79 Å². The first-order chi connectivity index (χ1) is 16.1. The predicted molar refractivity (Wildman–Crippen MR) is 172 cm³/mol. The Balaban J connectivity index is -0.000000213. The first-order valence-corrected chi connectivity index (χ1v) is 14.1. The molecule has 0 saturated heterocycles. The lowest BCUT2D eigenvalue weighted by Gasteiger charge is -2.24. The van der Waals surface area contributed by atoms with Gasteiger partial charge in [0.2, 0.25) is 0 Å². The van der Waals surface area contributed by atoms with Crippen LogP contribution in [0.15, 0.2) is 48.6 Å². The summed E-state index contributed by atoms with van der Waals surface area (Å²) in [4.78, 5) is 0. The molecule has 0 aliphatic rings. The van der Waals surface area contributed by atoms with Gasteiger partial charge >= 0.3 is 0 Å². The smallest absolute Gasteiger partial charge is 0.148 e. The highest BCUT2D eigenvalue weighted by Gasteiger charge is 2.14. The van der Waals surface area contributed by atoms with Gasteiger partial charge in [0.05, 0.1) is 11.2 Å². The van der Waals surface area contributed by atoms with Crippen LogP contribution in [0.2, 0.25) is 0 Å². The molecule has 0 rings (SSSR count). The van der Waals surface area contributed by atoms with Crippen LogP contribution in [0.3, 0.4) is 0 Å². The molecule has 0 spiro atoms. The Hall–Kier alpha value is -1.12. The number of hydrogen-bond donors (Lipinski definition) is 0. The van der Waals surface area contributed by atoms with Crippen LogP contribution in [0.1, 0.15) is 138 Å². The molecule has 0 radical (unpaired) electrons. The normalized spacial score (nSPS) is 13.8. The van der Waals surface area contributed by atoms with Crippen molar-refractivity contribution >= 4 is 0 Å². The summed E-state index contributed by atoms with van der Waals surface area (Å²) in [5, 5.41) is 0. The molecule has 0 heterocycles. The molecule has 0 N–H and O–H groups in total. The van der Waals surface area contributed by atoms with E-state index in [4.69, 9.17) is 9.47 Å². The second kappa shape index (κ2) is 19.0. The van der Waals surface area contributed by atoms with E-state index in [-0.39, 0.29) is 11.2 Å². The minimum Gasteiger partial charge on any atom is -0.350 e. The van der Waals surface area contributed by atoms with Crippen LogP contribution in [-0.2, 0) is 9.47 Å². The molecule has 0 fully saturated rings. The van der Waals surface area contributed by atoms with Crippen molar-refractivity contribution in [1.29, 1.82) is 0 Å². The summed E-state index contributed by atoms with van der Waals surface area (Å²) in [6.07, 6.45) is 17.4. The third-order valence-electron chi connectivity index (χ3n) is 3.59. The molecule has 0 aliphatic heterocycles. The van der Waals surface area contributed by atoms with E-state index < -0.39 is 0 Å². The largest absolute Gasteiger partial charge is 0.350 e. The van der Waals surface area contributed by atoms with Crippen molar-refractivity contribution in [3.8, 4) is 0 Å². The first-order valence-electron chi connectivity index (χ1n) is 14.1. The highest BCUT2D eigenvalue weighted by Crippen LogP contribution is 2.18. The van der Waals surface area contributed by atoms with Gasteiger partial charge in [-0.25, -0.2) is 0 Å². The Morgan fingerprint density at radius 2 is 0.514 bits per heavy atom. The molecule has 0 aromatic carbocycles. The summed E-state index contributed by atoms with van der Waals surface area (Å²) >= 11 is 0. The number of ether oxygens (including phenoxy) is 2. The third kappa shape index (κ3) is 60.9. The van der Waals surface area contributed by atoms with Gasteiger partial charge in [-0.1, -0.05) is 146 Å².